The number of ether oxygens (including phenoxy) is 2. The Hall–Kier alpha value is -6.20. The quantitative estimate of drug-likeness (QED) is 0.222. The fourth-order valence-electron chi connectivity index (χ4n) is 9.07. The fraction of sp³-hybridized carbons (Fsp3) is 0.524. The van der Waals surface area contributed by atoms with E-state index < -0.39 is 11.2 Å². The zero-order chi connectivity index (χ0) is 42.1. The van der Waals surface area contributed by atoms with Crippen LogP contribution >= 0.6 is 0 Å². The summed E-state index contributed by atoms with van der Waals surface area (Å²) in [6, 6.07) is 4.63. The molecule has 6 aromatic rings. The standard InChI is InChI=1S/2C21H27N7O2/c2*1-21(2,3)30-20(29)28-15-5-6-16(28)12-26(11-15)18-7-8-22-27-13-17(24-19(18)27)14-9-23-25(4)10-14/h2*7-10,13,15-16H,5-6,11-12H2,1-4H3. The summed E-state index contributed by atoms with van der Waals surface area (Å²) in [5.74, 6) is 0. The van der Waals surface area contributed by atoms with Crippen molar-refractivity contribution in [2.24, 2.45) is 14.1 Å². The van der Waals surface area contributed by atoms with Crippen LogP contribution in [-0.4, -0.2) is 132 Å². The van der Waals surface area contributed by atoms with Crippen LogP contribution in [0.25, 0.3) is 33.8 Å². The first-order valence-corrected chi connectivity index (χ1v) is 20.8. The number of hydrogen-bond donors (Lipinski definition) is 0. The van der Waals surface area contributed by atoms with Gasteiger partial charge in [0.15, 0.2) is 11.3 Å². The Labute approximate surface area is 348 Å². The third-order valence-electron chi connectivity index (χ3n) is 11.5. The van der Waals surface area contributed by atoms with Crippen LogP contribution in [0.1, 0.15) is 67.2 Å². The van der Waals surface area contributed by atoms with Gasteiger partial charge in [-0.2, -0.15) is 20.4 Å². The first kappa shape index (κ1) is 39.3. The Balaban J connectivity index is 0.000000154. The zero-order valence-corrected chi connectivity index (χ0v) is 35.6. The highest BCUT2D eigenvalue weighted by atomic mass is 16.6. The van der Waals surface area contributed by atoms with E-state index in [0.29, 0.717) is 0 Å². The molecule has 4 atom stereocenters. The van der Waals surface area contributed by atoms with Gasteiger partial charge in [-0.25, -0.2) is 28.6 Å². The molecule has 0 radical (unpaired) electrons. The molecule has 10 heterocycles. The second-order valence-corrected chi connectivity index (χ2v) is 18.4. The van der Waals surface area contributed by atoms with Crippen molar-refractivity contribution in [2.75, 3.05) is 36.0 Å². The number of piperazine rings is 2. The van der Waals surface area contributed by atoms with Gasteiger partial charge in [0.05, 0.1) is 84.1 Å². The third kappa shape index (κ3) is 7.70. The van der Waals surface area contributed by atoms with Crippen molar-refractivity contribution in [3.63, 3.8) is 0 Å². The summed E-state index contributed by atoms with van der Waals surface area (Å²) >= 11 is 0. The topological polar surface area (TPSA) is 162 Å². The second-order valence-electron chi connectivity index (χ2n) is 18.4. The molecule has 60 heavy (non-hydrogen) atoms. The molecular weight excluding hydrogens is 765 g/mol. The number of rotatable bonds is 4. The van der Waals surface area contributed by atoms with E-state index in [9.17, 15) is 9.59 Å². The minimum Gasteiger partial charge on any atom is -0.444 e. The molecule has 0 aromatic carbocycles. The maximum absolute atomic E-state index is 12.7. The monoisotopic (exact) mass is 818 g/mol. The lowest BCUT2D eigenvalue weighted by molar-refractivity contribution is 0.0112. The van der Waals surface area contributed by atoms with Gasteiger partial charge in [0.1, 0.15) is 11.2 Å². The number of nitrogens with zero attached hydrogens (tertiary/aromatic N) is 14. The molecule has 0 aliphatic carbocycles. The molecule has 4 bridgehead atoms. The van der Waals surface area contributed by atoms with E-state index in [2.05, 4.69) is 30.2 Å². The maximum Gasteiger partial charge on any atom is 0.410 e. The van der Waals surface area contributed by atoms with Crippen molar-refractivity contribution in [1.82, 2.24) is 58.6 Å². The average molecular weight is 819 g/mol. The minimum atomic E-state index is -0.483. The third-order valence-corrected chi connectivity index (χ3v) is 11.5. The van der Waals surface area contributed by atoms with Crippen LogP contribution in [0.5, 0.6) is 0 Å². The fourth-order valence-corrected chi connectivity index (χ4v) is 9.07. The summed E-state index contributed by atoms with van der Waals surface area (Å²) in [5.41, 5.74) is 6.38. The lowest BCUT2D eigenvalue weighted by Crippen LogP contribution is -2.56. The highest BCUT2D eigenvalue weighted by Gasteiger charge is 2.46. The number of carbonyl (C=O) groups is 2. The Kier molecular flexibility index (Phi) is 9.69. The summed E-state index contributed by atoms with van der Waals surface area (Å²) in [6.45, 7) is 14.5. The molecule has 316 valence electrons. The smallest absolute Gasteiger partial charge is 0.410 e. The molecule has 4 saturated heterocycles. The van der Waals surface area contributed by atoms with Gasteiger partial charge in [-0.1, -0.05) is 0 Å². The Morgan fingerprint density at radius 3 is 1.25 bits per heavy atom. The van der Waals surface area contributed by atoms with E-state index in [0.717, 1.165) is 97.0 Å². The number of aryl methyl sites for hydroxylation is 2. The molecule has 10 rings (SSSR count). The number of fused-ring (bicyclic) bond motifs is 6. The second kappa shape index (κ2) is 14.8. The molecule has 0 N–H and O–H groups in total. The van der Waals surface area contributed by atoms with E-state index in [1.54, 1.807) is 34.2 Å². The van der Waals surface area contributed by atoms with Crippen LogP contribution in [0.2, 0.25) is 0 Å². The van der Waals surface area contributed by atoms with Crippen molar-refractivity contribution >= 4 is 34.9 Å². The van der Waals surface area contributed by atoms with Gasteiger partial charge >= 0.3 is 12.2 Å². The van der Waals surface area contributed by atoms with Crippen LogP contribution in [0.4, 0.5) is 21.0 Å². The van der Waals surface area contributed by atoms with E-state index >= 15 is 0 Å². The molecule has 18 heteroatoms. The van der Waals surface area contributed by atoms with Gasteiger partial charge < -0.3 is 19.3 Å². The Morgan fingerprint density at radius 2 is 0.933 bits per heavy atom. The molecule has 0 saturated carbocycles. The van der Waals surface area contributed by atoms with E-state index in [-0.39, 0.29) is 36.4 Å². The molecule has 0 spiro atoms. The molecule has 2 amide bonds. The van der Waals surface area contributed by atoms with Gasteiger partial charge in [-0.05, 0) is 79.4 Å². The number of imidazole rings is 2. The molecule has 6 aromatic heterocycles. The molecule has 4 aliphatic rings. The van der Waals surface area contributed by atoms with Crippen molar-refractivity contribution < 1.29 is 19.1 Å². The van der Waals surface area contributed by atoms with Crippen molar-refractivity contribution in [3.05, 3.63) is 61.7 Å². The van der Waals surface area contributed by atoms with Crippen LogP contribution < -0.4 is 9.80 Å². The Morgan fingerprint density at radius 1 is 0.567 bits per heavy atom. The van der Waals surface area contributed by atoms with E-state index in [4.69, 9.17) is 19.4 Å². The van der Waals surface area contributed by atoms with Crippen molar-refractivity contribution in [1.29, 1.82) is 0 Å². The summed E-state index contributed by atoms with van der Waals surface area (Å²) in [4.78, 5) is 43.7. The van der Waals surface area contributed by atoms with Gasteiger partial charge in [0.25, 0.3) is 0 Å². The van der Waals surface area contributed by atoms with Crippen molar-refractivity contribution in [2.45, 2.75) is 103 Å². The first-order valence-electron chi connectivity index (χ1n) is 20.8. The average Bonchev–Trinajstić information content (AvgIpc) is 4.04. The summed E-state index contributed by atoms with van der Waals surface area (Å²) < 4.78 is 18.5. The van der Waals surface area contributed by atoms with Gasteiger partial charge in [-0.3, -0.25) is 19.2 Å². The number of hydrogen-bond acceptors (Lipinski definition) is 12. The maximum atomic E-state index is 12.7. The van der Waals surface area contributed by atoms with E-state index in [1.165, 1.54) is 0 Å². The number of amides is 2. The molecular formula is C42H54N14O4. The molecule has 4 fully saturated rings. The van der Waals surface area contributed by atoms with Crippen LogP contribution in [0.3, 0.4) is 0 Å². The van der Waals surface area contributed by atoms with Gasteiger partial charge in [0.2, 0.25) is 0 Å². The van der Waals surface area contributed by atoms with Crippen LogP contribution in [0.15, 0.2) is 61.7 Å². The number of aromatic nitrogens is 10. The van der Waals surface area contributed by atoms with E-state index in [1.807, 2.05) is 111 Å². The van der Waals surface area contributed by atoms with Gasteiger partial charge in [-0.15, -0.1) is 0 Å². The minimum absolute atomic E-state index is 0.152. The normalized spacial score (nSPS) is 21.5. The predicted molar refractivity (Wildman–Crippen MR) is 225 cm³/mol. The largest absolute Gasteiger partial charge is 0.444 e. The lowest BCUT2D eigenvalue weighted by Gasteiger charge is -2.42. The van der Waals surface area contributed by atoms with Crippen molar-refractivity contribution in [3.8, 4) is 22.5 Å². The number of anilines is 2. The zero-order valence-electron chi connectivity index (χ0n) is 35.6. The van der Waals surface area contributed by atoms with Gasteiger partial charge in [0, 0.05) is 63.8 Å². The molecule has 18 nitrogen and oxygen atoms in total. The molecule has 4 aliphatic heterocycles. The highest BCUT2D eigenvalue weighted by Crippen LogP contribution is 2.37. The number of carbonyl (C=O) groups excluding carboxylic acids is 2. The van der Waals surface area contributed by atoms with Crippen LogP contribution in [0, 0.1) is 0 Å². The van der Waals surface area contributed by atoms with Crippen LogP contribution in [-0.2, 0) is 23.6 Å². The summed E-state index contributed by atoms with van der Waals surface area (Å²) in [5, 5.41) is 17.4. The molecule has 4 unspecified atom stereocenters. The Bertz CT molecular complexity index is 2340. The highest BCUT2D eigenvalue weighted by molar-refractivity contribution is 5.76. The summed E-state index contributed by atoms with van der Waals surface area (Å²) in [6.07, 6.45) is 18.6. The lowest BCUT2D eigenvalue weighted by atomic mass is 10.1. The first-order chi connectivity index (χ1) is 28.6. The summed E-state index contributed by atoms with van der Waals surface area (Å²) in [7, 11) is 3.78. The predicted octanol–water partition coefficient (Wildman–Crippen LogP) is 5.44. The SMILES string of the molecule is Cn1cc(-c2cn3nccc(N4CC5CCC(C4)N5C(=O)OC(C)(C)C)c3n2)cn1.Cn1cc(-c2cn3nccc(N4CC5CCC(C4)N5C(=O)OC(C)(C)C)c3n2)cn1.